The molecule has 0 aliphatic carbocycles. The highest BCUT2D eigenvalue weighted by atomic mass is 16.6. The third-order valence-electron chi connectivity index (χ3n) is 9.55. The zero-order valence-electron chi connectivity index (χ0n) is 33.8. The lowest BCUT2D eigenvalue weighted by Crippen LogP contribution is -2.54. The maximum Gasteiger partial charge on any atom is 0.414 e. The van der Waals surface area contributed by atoms with Crippen LogP contribution in [0, 0.1) is 13.8 Å². The van der Waals surface area contributed by atoms with E-state index in [4.69, 9.17) is 20.3 Å². The van der Waals surface area contributed by atoms with Gasteiger partial charge < -0.3 is 35.8 Å². The van der Waals surface area contributed by atoms with E-state index in [-0.39, 0.29) is 43.3 Å². The summed E-state index contributed by atoms with van der Waals surface area (Å²) < 4.78 is 10.7. The first-order valence-electron chi connectivity index (χ1n) is 19.3. The molecule has 1 aliphatic rings. The molecule has 0 spiro atoms. The van der Waals surface area contributed by atoms with E-state index in [1.54, 1.807) is 73.7 Å². The number of hydrogen-bond donors (Lipinski definition) is 4. The summed E-state index contributed by atoms with van der Waals surface area (Å²) in [6.07, 6.45) is -0.0907. The second kappa shape index (κ2) is 20.3. The average Bonchev–Trinajstić information content (AvgIpc) is 3.34. The lowest BCUT2D eigenvalue weighted by molar-refractivity contribution is -0.120. The Labute approximate surface area is 347 Å². The van der Waals surface area contributed by atoms with Crippen molar-refractivity contribution < 1.29 is 43.3 Å². The molecule has 0 fully saturated rings. The monoisotopic (exact) mass is 813 g/mol. The molecule has 310 valence electrons. The molecule has 14 nitrogen and oxygen atoms in total. The molecule has 1 atom stereocenters. The Hall–Kier alpha value is -7.48. The van der Waals surface area contributed by atoms with E-state index in [1.807, 2.05) is 63.2 Å². The van der Waals surface area contributed by atoms with Crippen LogP contribution in [0.15, 0.2) is 115 Å². The number of amides is 4. The van der Waals surface area contributed by atoms with Gasteiger partial charge in [-0.05, 0) is 91.9 Å². The van der Waals surface area contributed by atoms with Gasteiger partial charge in [0.15, 0.2) is 5.78 Å². The minimum atomic E-state index is -1.29. The van der Waals surface area contributed by atoms with Crippen molar-refractivity contribution in [2.45, 2.75) is 46.8 Å². The van der Waals surface area contributed by atoms with Gasteiger partial charge in [-0.3, -0.25) is 14.5 Å². The number of esters is 1. The lowest BCUT2D eigenvalue weighted by atomic mass is 10.0. The van der Waals surface area contributed by atoms with Gasteiger partial charge in [0.1, 0.15) is 12.6 Å². The number of anilines is 4. The summed E-state index contributed by atoms with van der Waals surface area (Å²) in [6.45, 7) is 6.77. The quantitative estimate of drug-likeness (QED) is 0.0586. The van der Waals surface area contributed by atoms with Gasteiger partial charge in [-0.15, -0.1) is 0 Å². The van der Waals surface area contributed by atoms with Crippen LogP contribution in [0.1, 0.15) is 67.2 Å². The van der Waals surface area contributed by atoms with Crippen molar-refractivity contribution >= 4 is 58.5 Å². The number of nitrogens with one attached hydrogen (secondary N) is 2. The number of nitrogen functional groups attached to an aromatic ring is 1. The Balaban J connectivity index is 0.000000489. The van der Waals surface area contributed by atoms with Gasteiger partial charge in [0.25, 0.3) is 5.91 Å². The molecule has 5 aromatic rings. The highest BCUT2D eigenvalue weighted by molar-refractivity contribution is 6.12. The number of carbonyl (C=O) groups is 6. The van der Waals surface area contributed by atoms with E-state index < -0.39 is 36.0 Å². The highest BCUT2D eigenvalue weighted by Gasteiger charge is 2.38. The Bertz CT molecular complexity index is 2380. The van der Waals surface area contributed by atoms with E-state index >= 15 is 0 Å². The fourth-order valence-electron chi connectivity index (χ4n) is 6.56. The molecule has 4 amide bonds. The van der Waals surface area contributed by atoms with Crippen LogP contribution in [0.5, 0.6) is 0 Å². The van der Waals surface area contributed by atoms with Crippen molar-refractivity contribution in [3.63, 3.8) is 0 Å². The second-order valence-corrected chi connectivity index (χ2v) is 13.8. The summed E-state index contributed by atoms with van der Waals surface area (Å²) in [5.41, 5.74) is 11.1. The SMILES string of the molecule is CCOC(=O)c1cccc(NC(=O)NC2CN(C(=O)OCc3ccccc3)c3ccc(C)cc3N(CC(=O)c3ccccc3C)C2=O)c1.CCc1c(N)cccc1C(=O)O. The number of nitrogens with zero attached hydrogens (tertiary/aromatic N) is 2. The Morgan fingerprint density at radius 3 is 2.18 bits per heavy atom. The number of carbonyl (C=O) groups excluding carboxylic acids is 5. The third-order valence-corrected chi connectivity index (χ3v) is 9.55. The fraction of sp³-hybridized carbons (Fsp3) is 0.217. The van der Waals surface area contributed by atoms with Crippen LogP contribution in [0.25, 0.3) is 0 Å². The summed E-state index contributed by atoms with van der Waals surface area (Å²) in [5.74, 6) is -2.38. The molecule has 0 aromatic heterocycles. The first-order valence-corrected chi connectivity index (χ1v) is 19.3. The Kier molecular flexibility index (Phi) is 14.8. The minimum Gasteiger partial charge on any atom is -0.478 e. The summed E-state index contributed by atoms with van der Waals surface area (Å²) in [6, 6.07) is 30.5. The van der Waals surface area contributed by atoms with Crippen molar-refractivity contribution in [1.82, 2.24) is 5.32 Å². The molecule has 1 unspecified atom stereocenters. The van der Waals surface area contributed by atoms with Crippen molar-refractivity contribution in [3.05, 3.63) is 154 Å². The van der Waals surface area contributed by atoms with Crippen molar-refractivity contribution in [1.29, 1.82) is 0 Å². The normalized spacial score (nSPS) is 13.1. The summed E-state index contributed by atoms with van der Waals surface area (Å²) >= 11 is 0. The largest absolute Gasteiger partial charge is 0.478 e. The fourth-order valence-corrected chi connectivity index (χ4v) is 6.56. The maximum absolute atomic E-state index is 14.3. The van der Waals surface area contributed by atoms with E-state index in [9.17, 15) is 28.8 Å². The Morgan fingerprint density at radius 1 is 0.800 bits per heavy atom. The molecule has 6 rings (SSSR count). The number of aryl methyl sites for hydroxylation is 2. The number of carboxylic acids is 1. The maximum atomic E-state index is 14.3. The number of hydrogen-bond acceptors (Lipinski definition) is 9. The number of ether oxygens (including phenoxy) is 2. The first-order chi connectivity index (χ1) is 28.8. The molecular formula is C46H47N5O9. The van der Waals surface area contributed by atoms with E-state index in [0.29, 0.717) is 40.2 Å². The third kappa shape index (κ3) is 10.9. The van der Waals surface area contributed by atoms with Crippen LogP contribution >= 0.6 is 0 Å². The predicted octanol–water partition coefficient (Wildman–Crippen LogP) is 7.57. The van der Waals surface area contributed by atoms with Crippen molar-refractivity contribution in [3.8, 4) is 0 Å². The van der Waals surface area contributed by atoms with Gasteiger partial charge in [-0.2, -0.15) is 0 Å². The summed E-state index contributed by atoms with van der Waals surface area (Å²) in [5, 5.41) is 14.1. The van der Waals surface area contributed by atoms with E-state index in [0.717, 1.165) is 16.7 Å². The van der Waals surface area contributed by atoms with Gasteiger partial charge in [-0.1, -0.05) is 79.7 Å². The van der Waals surface area contributed by atoms with Gasteiger partial charge >= 0.3 is 24.1 Å². The first kappa shape index (κ1) is 43.6. The van der Waals surface area contributed by atoms with E-state index in [1.165, 1.54) is 15.9 Å². The lowest BCUT2D eigenvalue weighted by Gasteiger charge is -2.25. The zero-order chi connectivity index (χ0) is 43.3. The topological polar surface area (TPSA) is 198 Å². The molecule has 5 aromatic carbocycles. The molecule has 14 heteroatoms. The van der Waals surface area contributed by atoms with Crippen LogP contribution in [0.2, 0.25) is 0 Å². The van der Waals surface area contributed by atoms with Crippen LogP contribution in [0.4, 0.5) is 32.3 Å². The summed E-state index contributed by atoms with van der Waals surface area (Å²) in [4.78, 5) is 80.5. The smallest absolute Gasteiger partial charge is 0.414 e. The van der Waals surface area contributed by atoms with Crippen molar-refractivity contribution in [2.24, 2.45) is 0 Å². The molecule has 5 N–H and O–H groups in total. The summed E-state index contributed by atoms with van der Waals surface area (Å²) in [7, 11) is 0. The number of Topliss-reactive ketones (excluding diaryl/α,β-unsaturated/α-hetero) is 1. The minimum absolute atomic E-state index is 0.0177. The van der Waals surface area contributed by atoms with E-state index in [2.05, 4.69) is 10.6 Å². The molecule has 1 aliphatic heterocycles. The molecule has 0 saturated carbocycles. The molecule has 60 heavy (non-hydrogen) atoms. The average molecular weight is 814 g/mol. The standard InChI is InChI=1S/C37H36N4O7.C9H11NO2/c1-4-47-35(44)27-14-10-15-28(20-27)38-36(45)39-30-21-41(37(46)48-23-26-12-6-5-7-13-26)31-18-17-24(2)19-32(31)40(34(30)43)22-33(42)29-16-9-8-11-25(29)3;1-2-6-7(9(11)12)4-3-5-8(6)10/h5-20,30H,4,21-23H2,1-3H3,(H2,38,39,45);3-5H,2,10H2,1H3,(H,11,12). The molecule has 0 saturated heterocycles. The van der Waals surface area contributed by atoms with Gasteiger partial charge in [-0.25, -0.2) is 19.2 Å². The molecule has 0 radical (unpaired) electrons. The van der Waals surface area contributed by atoms with Crippen LogP contribution in [-0.4, -0.2) is 66.6 Å². The zero-order valence-corrected chi connectivity index (χ0v) is 33.8. The van der Waals surface area contributed by atoms with Crippen LogP contribution in [-0.2, 0) is 27.3 Å². The molecule has 1 heterocycles. The number of urea groups is 1. The van der Waals surface area contributed by atoms with Gasteiger partial charge in [0.2, 0.25) is 0 Å². The predicted molar refractivity (Wildman–Crippen MR) is 229 cm³/mol. The van der Waals surface area contributed by atoms with Crippen LogP contribution in [0.3, 0.4) is 0 Å². The highest BCUT2D eigenvalue weighted by Crippen LogP contribution is 2.35. The number of fused-ring (bicyclic) bond motifs is 1. The van der Waals surface area contributed by atoms with Crippen molar-refractivity contribution in [2.75, 3.05) is 40.5 Å². The van der Waals surface area contributed by atoms with Gasteiger partial charge in [0.05, 0.1) is 42.2 Å². The number of benzene rings is 5. The van der Waals surface area contributed by atoms with Gasteiger partial charge in [0, 0.05) is 16.9 Å². The number of aromatic carboxylic acids is 1. The molecular weight excluding hydrogens is 767 g/mol. The Morgan fingerprint density at radius 2 is 1.50 bits per heavy atom. The number of nitrogens with two attached hydrogens (primary N) is 1. The number of rotatable bonds is 11. The van der Waals surface area contributed by atoms with Crippen LogP contribution < -0.4 is 26.2 Å². The second-order valence-electron chi connectivity index (χ2n) is 13.8. The number of ketones is 1. The number of carboxylic acid groups (broad SMARTS) is 1. The molecule has 0 bridgehead atoms.